The van der Waals surface area contributed by atoms with Crippen LogP contribution in [0.1, 0.15) is 5.56 Å². The highest BCUT2D eigenvalue weighted by atomic mass is 79.9. The van der Waals surface area contributed by atoms with E-state index in [1.54, 1.807) is 42.5 Å². The van der Waals surface area contributed by atoms with Gasteiger partial charge in [0.05, 0.1) is 22.2 Å². The minimum Gasteiger partial charge on any atom is -0.493 e. The summed E-state index contributed by atoms with van der Waals surface area (Å²) < 4.78 is 11.4. The van der Waals surface area contributed by atoms with Gasteiger partial charge in [0.2, 0.25) is 0 Å². The second-order valence-electron chi connectivity index (χ2n) is 5.52. The van der Waals surface area contributed by atoms with Gasteiger partial charge in [-0.3, -0.25) is 9.59 Å². The van der Waals surface area contributed by atoms with Crippen LogP contribution < -0.4 is 14.4 Å². The van der Waals surface area contributed by atoms with Crippen molar-refractivity contribution in [2.45, 2.75) is 0 Å². The zero-order valence-corrected chi connectivity index (χ0v) is 17.7. The fourth-order valence-electron chi connectivity index (χ4n) is 2.51. The van der Waals surface area contributed by atoms with Crippen molar-refractivity contribution in [2.24, 2.45) is 0 Å². The number of terminal acetylenes is 1. The summed E-state index contributed by atoms with van der Waals surface area (Å²) in [6.07, 6.45) is 6.85. The first kappa shape index (κ1) is 20.3. The number of imide groups is 1. The van der Waals surface area contributed by atoms with Gasteiger partial charge in [-0.25, -0.2) is 4.90 Å². The third-order valence-corrected chi connectivity index (χ3v) is 5.44. The van der Waals surface area contributed by atoms with Gasteiger partial charge in [0.25, 0.3) is 11.1 Å². The number of nitrogens with zero attached hydrogens (tertiary/aromatic N) is 1. The molecule has 0 saturated carbocycles. The third kappa shape index (κ3) is 4.20. The number of thioether (sulfide) groups is 1. The highest BCUT2D eigenvalue weighted by Crippen LogP contribution is 2.40. The van der Waals surface area contributed by atoms with Crippen LogP contribution in [0.15, 0.2) is 45.8 Å². The molecule has 1 fully saturated rings. The molecular weight excluding hydrogens is 466 g/mol. The Labute approximate surface area is 179 Å². The minimum absolute atomic E-state index is 0.0916. The maximum absolute atomic E-state index is 12.7. The fraction of sp³-hybridized carbons (Fsp3) is 0.100. The fourth-order valence-corrected chi connectivity index (χ4v) is 4.05. The van der Waals surface area contributed by atoms with Crippen LogP contribution in [0.25, 0.3) is 6.08 Å². The molecule has 0 bridgehead atoms. The van der Waals surface area contributed by atoms with E-state index in [0.717, 1.165) is 16.7 Å². The Kier molecular flexibility index (Phi) is 6.35. The Morgan fingerprint density at radius 3 is 2.64 bits per heavy atom. The number of hydrogen-bond donors (Lipinski definition) is 0. The summed E-state index contributed by atoms with van der Waals surface area (Å²) in [5, 5.41) is 0.147. The van der Waals surface area contributed by atoms with E-state index in [9.17, 15) is 9.59 Å². The van der Waals surface area contributed by atoms with E-state index in [-0.39, 0.29) is 11.8 Å². The number of ether oxygens (including phenoxy) is 2. The molecule has 0 aliphatic carbocycles. The van der Waals surface area contributed by atoms with E-state index in [0.29, 0.717) is 37.2 Å². The Morgan fingerprint density at radius 2 is 2.00 bits per heavy atom. The Bertz CT molecular complexity index is 1010. The lowest BCUT2D eigenvalue weighted by atomic mass is 10.1. The molecule has 0 atom stereocenters. The highest BCUT2D eigenvalue weighted by molar-refractivity contribution is 9.10. The van der Waals surface area contributed by atoms with E-state index >= 15 is 0 Å². The largest absolute Gasteiger partial charge is 0.493 e. The molecule has 1 heterocycles. The zero-order valence-electron chi connectivity index (χ0n) is 14.6. The van der Waals surface area contributed by atoms with E-state index < -0.39 is 5.91 Å². The van der Waals surface area contributed by atoms with Gasteiger partial charge in [0.1, 0.15) is 6.61 Å². The third-order valence-electron chi connectivity index (χ3n) is 3.73. The summed E-state index contributed by atoms with van der Waals surface area (Å²) >= 11 is 10.2. The number of methoxy groups -OCH3 is 1. The van der Waals surface area contributed by atoms with Crippen LogP contribution in [0.4, 0.5) is 10.5 Å². The highest BCUT2D eigenvalue weighted by Gasteiger charge is 2.36. The van der Waals surface area contributed by atoms with Gasteiger partial charge in [-0.15, -0.1) is 6.42 Å². The summed E-state index contributed by atoms with van der Waals surface area (Å²) in [6, 6.07) is 9.96. The Balaban J connectivity index is 1.92. The van der Waals surface area contributed by atoms with Gasteiger partial charge in [-0.05, 0) is 75.7 Å². The molecule has 2 aromatic rings. The first-order chi connectivity index (χ1) is 13.4. The van der Waals surface area contributed by atoms with Crippen molar-refractivity contribution in [3.8, 4) is 23.8 Å². The molecule has 1 aliphatic heterocycles. The van der Waals surface area contributed by atoms with Gasteiger partial charge in [0.15, 0.2) is 11.5 Å². The molecule has 0 N–H and O–H groups in total. The number of hydrogen-bond acceptors (Lipinski definition) is 5. The van der Waals surface area contributed by atoms with Gasteiger partial charge in [-0.1, -0.05) is 17.5 Å². The van der Waals surface area contributed by atoms with Crippen molar-refractivity contribution >= 4 is 62.2 Å². The lowest BCUT2D eigenvalue weighted by Crippen LogP contribution is -2.27. The number of carbonyl (C=O) groups excluding carboxylic acids is 2. The van der Waals surface area contributed by atoms with Gasteiger partial charge < -0.3 is 9.47 Å². The van der Waals surface area contributed by atoms with Crippen molar-refractivity contribution in [2.75, 3.05) is 18.6 Å². The molecule has 8 heteroatoms. The van der Waals surface area contributed by atoms with Crippen molar-refractivity contribution in [1.82, 2.24) is 0 Å². The van der Waals surface area contributed by atoms with Crippen molar-refractivity contribution < 1.29 is 19.1 Å². The molecule has 2 amide bonds. The van der Waals surface area contributed by atoms with E-state index in [2.05, 4.69) is 21.9 Å². The summed E-state index contributed by atoms with van der Waals surface area (Å²) in [7, 11) is 1.50. The topological polar surface area (TPSA) is 55.8 Å². The van der Waals surface area contributed by atoms with Crippen LogP contribution >= 0.6 is 39.3 Å². The minimum atomic E-state index is -0.403. The normalized spacial score (nSPS) is 15.1. The summed E-state index contributed by atoms with van der Waals surface area (Å²) in [6.45, 7) is 0.0916. The monoisotopic (exact) mass is 477 g/mol. The SMILES string of the molecule is C#CCOc1c(Br)cc(/C=C2\SC(=O)N(c3ccc(Cl)cc3)C2=O)cc1OC. The zero-order chi connectivity index (χ0) is 20.3. The second-order valence-corrected chi connectivity index (χ2v) is 7.80. The van der Waals surface area contributed by atoms with Crippen molar-refractivity contribution in [3.63, 3.8) is 0 Å². The van der Waals surface area contributed by atoms with E-state index in [1.807, 2.05) is 0 Å². The molecule has 1 aliphatic rings. The number of carbonyl (C=O) groups is 2. The predicted octanol–water partition coefficient (Wildman–Crippen LogP) is 5.36. The molecule has 28 heavy (non-hydrogen) atoms. The number of benzene rings is 2. The summed E-state index contributed by atoms with van der Waals surface area (Å²) in [5.74, 6) is 2.91. The number of anilines is 1. The molecule has 0 unspecified atom stereocenters. The molecule has 2 aromatic carbocycles. The van der Waals surface area contributed by atoms with Crippen LogP contribution in [0.2, 0.25) is 5.02 Å². The number of halogens is 2. The average Bonchev–Trinajstić information content (AvgIpc) is 2.94. The lowest BCUT2D eigenvalue weighted by Gasteiger charge is -2.13. The van der Waals surface area contributed by atoms with Crippen LogP contribution in [-0.4, -0.2) is 24.9 Å². The van der Waals surface area contributed by atoms with E-state index in [4.69, 9.17) is 27.5 Å². The number of rotatable bonds is 5. The molecule has 0 aromatic heterocycles. The van der Waals surface area contributed by atoms with Gasteiger partial charge in [0, 0.05) is 5.02 Å². The Morgan fingerprint density at radius 1 is 1.29 bits per heavy atom. The molecule has 3 rings (SSSR count). The molecule has 142 valence electrons. The van der Waals surface area contributed by atoms with Crippen LogP contribution in [0.5, 0.6) is 11.5 Å². The smallest absolute Gasteiger partial charge is 0.298 e. The molecule has 1 saturated heterocycles. The summed E-state index contributed by atoms with van der Waals surface area (Å²) in [4.78, 5) is 26.5. The van der Waals surface area contributed by atoms with Gasteiger partial charge >= 0.3 is 0 Å². The first-order valence-corrected chi connectivity index (χ1v) is 9.90. The Hall–Kier alpha value is -2.40. The number of amides is 2. The predicted molar refractivity (Wildman–Crippen MR) is 115 cm³/mol. The lowest BCUT2D eigenvalue weighted by molar-refractivity contribution is -0.113. The molecular formula is C20H13BrClNO4S. The average molecular weight is 479 g/mol. The van der Waals surface area contributed by atoms with Crippen LogP contribution in [0, 0.1) is 12.3 Å². The molecule has 0 radical (unpaired) electrons. The maximum atomic E-state index is 12.7. The maximum Gasteiger partial charge on any atom is 0.298 e. The van der Waals surface area contributed by atoms with Crippen molar-refractivity contribution in [3.05, 3.63) is 56.4 Å². The quantitative estimate of drug-likeness (QED) is 0.427. The van der Waals surface area contributed by atoms with Crippen LogP contribution in [-0.2, 0) is 4.79 Å². The van der Waals surface area contributed by atoms with Crippen LogP contribution in [0.3, 0.4) is 0 Å². The second kappa shape index (κ2) is 8.74. The molecule has 0 spiro atoms. The summed E-state index contributed by atoms with van der Waals surface area (Å²) in [5.41, 5.74) is 1.13. The first-order valence-electron chi connectivity index (χ1n) is 7.92. The standard InChI is InChI=1S/C20H13BrClNO4S/c1-3-8-27-18-15(21)9-12(10-16(18)26-2)11-17-19(24)23(20(25)28-17)14-6-4-13(22)5-7-14/h1,4-7,9-11H,8H2,2H3/b17-11-. The van der Waals surface area contributed by atoms with Crippen molar-refractivity contribution in [1.29, 1.82) is 0 Å². The molecule has 5 nitrogen and oxygen atoms in total. The van der Waals surface area contributed by atoms with Gasteiger partial charge in [-0.2, -0.15) is 0 Å². The van der Waals surface area contributed by atoms with E-state index in [1.165, 1.54) is 7.11 Å².